The van der Waals surface area contributed by atoms with E-state index in [-0.39, 0.29) is 22.9 Å². The van der Waals surface area contributed by atoms with E-state index in [4.69, 9.17) is 16.3 Å². The highest BCUT2D eigenvalue weighted by Gasteiger charge is 2.51. The van der Waals surface area contributed by atoms with Gasteiger partial charge in [-0.15, -0.1) is 0 Å². The highest BCUT2D eigenvalue weighted by molar-refractivity contribution is 6.35. The van der Waals surface area contributed by atoms with E-state index in [9.17, 15) is 27.6 Å². The summed E-state index contributed by atoms with van der Waals surface area (Å²) in [4.78, 5) is 13.5. The van der Waals surface area contributed by atoms with E-state index in [1.54, 1.807) is 42.2 Å². The monoisotopic (exact) mass is 453 g/mol. The zero-order valence-corrected chi connectivity index (χ0v) is 16.9. The molecule has 0 aromatic heterocycles. The van der Waals surface area contributed by atoms with Crippen LogP contribution in [-0.2, 0) is 10.3 Å². The third-order valence-electron chi connectivity index (χ3n) is 5.87. The van der Waals surface area contributed by atoms with Crippen molar-refractivity contribution >= 4 is 23.2 Å². The van der Waals surface area contributed by atoms with Crippen LogP contribution >= 0.6 is 11.6 Å². The van der Waals surface area contributed by atoms with Crippen molar-refractivity contribution in [3.63, 3.8) is 0 Å². The summed E-state index contributed by atoms with van der Waals surface area (Å²) in [6, 6.07) is 8.46. The molecule has 0 saturated carbocycles. The number of benzene rings is 2. The molecule has 2 aromatic carbocycles. The average molecular weight is 454 g/mol. The predicted octanol–water partition coefficient (Wildman–Crippen LogP) is 5.02. The highest BCUT2D eigenvalue weighted by atomic mass is 35.5. The summed E-state index contributed by atoms with van der Waals surface area (Å²) in [7, 11) is 0. The Morgan fingerprint density at radius 2 is 2.06 bits per heavy atom. The molecular formula is C21H16ClF4N3O2. The van der Waals surface area contributed by atoms with Crippen LogP contribution < -0.4 is 15.0 Å². The number of para-hydroxylation sites is 1. The van der Waals surface area contributed by atoms with E-state index in [0.29, 0.717) is 24.3 Å². The van der Waals surface area contributed by atoms with Crippen molar-refractivity contribution in [3.8, 4) is 17.6 Å². The standard InChI is InChI=1S/C21H16ClF4N3O2/c1-20-12-5-2-3-6-14(12)31-15-9-13(23)11(10-27)17(22)18(15)29(20)8-4-7-16(20)28-19(30)21(24,25)26/h2-3,5-6,9,16H,4,7-8H2,1H3,(H,28,30)/t16?,20-/m1/s1. The molecule has 2 heterocycles. The van der Waals surface area contributed by atoms with Gasteiger partial charge < -0.3 is 15.0 Å². The number of piperidine rings is 1. The number of carbonyl (C=O) groups excluding carboxylic acids is 1. The summed E-state index contributed by atoms with van der Waals surface area (Å²) in [5, 5.41) is 11.3. The maximum absolute atomic E-state index is 14.5. The van der Waals surface area contributed by atoms with Gasteiger partial charge >= 0.3 is 12.1 Å². The minimum absolute atomic E-state index is 0.0421. The fraction of sp³-hybridized carbons (Fsp3) is 0.333. The molecule has 2 aromatic rings. The predicted molar refractivity (Wildman–Crippen MR) is 105 cm³/mol. The molecule has 1 unspecified atom stereocenters. The first kappa shape index (κ1) is 21.2. The number of nitrogens with one attached hydrogen (secondary N) is 1. The number of hydrogen-bond donors (Lipinski definition) is 1. The summed E-state index contributed by atoms with van der Waals surface area (Å²) < 4.78 is 59.5. The molecule has 1 fully saturated rings. The summed E-state index contributed by atoms with van der Waals surface area (Å²) in [6.07, 6.45) is -4.36. The molecule has 0 radical (unpaired) electrons. The summed E-state index contributed by atoms with van der Waals surface area (Å²) >= 11 is 6.40. The van der Waals surface area contributed by atoms with Gasteiger partial charge in [0.15, 0.2) is 5.75 Å². The lowest BCUT2D eigenvalue weighted by Crippen LogP contribution is -2.62. The van der Waals surface area contributed by atoms with Crippen molar-refractivity contribution < 1.29 is 27.1 Å². The third kappa shape index (κ3) is 3.26. The molecule has 1 N–H and O–H groups in total. The number of nitriles is 1. The van der Waals surface area contributed by atoms with Crippen molar-refractivity contribution in [2.45, 2.75) is 37.5 Å². The second-order valence-electron chi connectivity index (χ2n) is 7.57. The van der Waals surface area contributed by atoms with Crippen LogP contribution in [0.15, 0.2) is 30.3 Å². The fourth-order valence-electron chi connectivity index (χ4n) is 4.40. The Morgan fingerprint density at radius 3 is 2.74 bits per heavy atom. The van der Waals surface area contributed by atoms with Crippen LogP contribution in [0.4, 0.5) is 23.2 Å². The Balaban J connectivity index is 1.96. The zero-order valence-electron chi connectivity index (χ0n) is 16.2. The SMILES string of the molecule is C[C@]12c3ccccc3Oc3cc(F)c(C#N)c(Cl)c3N1CCCC2NC(=O)C(F)(F)F. The van der Waals surface area contributed by atoms with E-state index in [2.05, 4.69) is 5.32 Å². The van der Waals surface area contributed by atoms with Crippen molar-refractivity contribution in [2.24, 2.45) is 0 Å². The maximum Gasteiger partial charge on any atom is 0.471 e. The van der Waals surface area contributed by atoms with Crippen LogP contribution in [0.3, 0.4) is 0 Å². The third-order valence-corrected chi connectivity index (χ3v) is 6.24. The molecule has 0 spiro atoms. The van der Waals surface area contributed by atoms with Crippen molar-refractivity contribution in [1.82, 2.24) is 5.32 Å². The Labute approximate surface area is 180 Å². The van der Waals surface area contributed by atoms with Crippen molar-refractivity contribution in [2.75, 3.05) is 11.4 Å². The average Bonchev–Trinajstić information content (AvgIpc) is 2.80. The van der Waals surface area contributed by atoms with Crippen LogP contribution in [0.25, 0.3) is 0 Å². The zero-order chi connectivity index (χ0) is 22.6. The number of ether oxygens (including phenoxy) is 1. The number of alkyl halides is 3. The normalized spacial score (nSPS) is 22.2. The van der Waals surface area contributed by atoms with Crippen molar-refractivity contribution in [3.05, 3.63) is 52.3 Å². The summed E-state index contributed by atoms with van der Waals surface area (Å²) in [5.74, 6) is -2.58. The number of fused-ring (bicyclic) bond motifs is 5. The molecule has 1 saturated heterocycles. The highest BCUT2D eigenvalue weighted by Crippen LogP contribution is 2.54. The number of rotatable bonds is 1. The van der Waals surface area contributed by atoms with Gasteiger partial charge in [-0.1, -0.05) is 29.8 Å². The summed E-state index contributed by atoms with van der Waals surface area (Å²) in [6.45, 7) is 2.02. The van der Waals surface area contributed by atoms with Crippen LogP contribution in [0.1, 0.15) is 30.9 Å². The number of halogens is 5. The number of anilines is 1. The van der Waals surface area contributed by atoms with Crippen LogP contribution in [0, 0.1) is 17.1 Å². The van der Waals surface area contributed by atoms with Crippen LogP contribution in [0.2, 0.25) is 5.02 Å². The lowest BCUT2D eigenvalue weighted by molar-refractivity contribution is -0.175. The number of amides is 1. The van der Waals surface area contributed by atoms with Gasteiger partial charge in [0, 0.05) is 18.2 Å². The van der Waals surface area contributed by atoms with Gasteiger partial charge in [-0.2, -0.15) is 18.4 Å². The molecule has 2 aliphatic rings. The molecule has 0 bridgehead atoms. The lowest BCUT2D eigenvalue weighted by Gasteiger charge is -2.51. The van der Waals surface area contributed by atoms with Gasteiger partial charge in [-0.3, -0.25) is 4.79 Å². The van der Waals surface area contributed by atoms with E-state index < -0.39 is 35.0 Å². The Kier molecular flexibility index (Phi) is 5.01. The Morgan fingerprint density at radius 1 is 1.35 bits per heavy atom. The van der Waals surface area contributed by atoms with Crippen LogP contribution in [0.5, 0.6) is 11.5 Å². The van der Waals surface area contributed by atoms with Gasteiger partial charge in [0.25, 0.3) is 0 Å². The Bertz CT molecular complexity index is 1120. The topological polar surface area (TPSA) is 65.4 Å². The minimum atomic E-state index is -5.05. The number of carbonyl (C=O) groups is 1. The maximum atomic E-state index is 14.5. The van der Waals surface area contributed by atoms with E-state index >= 15 is 0 Å². The molecule has 5 nitrogen and oxygen atoms in total. The minimum Gasteiger partial charge on any atom is -0.455 e. The van der Waals surface area contributed by atoms with E-state index in [0.717, 1.165) is 6.07 Å². The second-order valence-corrected chi connectivity index (χ2v) is 7.95. The van der Waals surface area contributed by atoms with E-state index in [1.165, 1.54) is 0 Å². The van der Waals surface area contributed by atoms with Gasteiger partial charge in [-0.05, 0) is 25.8 Å². The molecule has 1 amide bonds. The first-order chi connectivity index (χ1) is 14.6. The molecule has 162 valence electrons. The number of hydrogen-bond acceptors (Lipinski definition) is 4. The molecule has 2 atom stereocenters. The fourth-order valence-corrected chi connectivity index (χ4v) is 4.72. The van der Waals surface area contributed by atoms with Gasteiger partial charge in [-0.25, -0.2) is 4.39 Å². The molecule has 0 aliphatic carbocycles. The quantitative estimate of drug-likeness (QED) is 0.616. The molecular weight excluding hydrogens is 438 g/mol. The number of nitrogens with zero attached hydrogens (tertiary/aromatic N) is 2. The smallest absolute Gasteiger partial charge is 0.455 e. The Hall–Kier alpha value is -2.99. The van der Waals surface area contributed by atoms with E-state index in [1.807, 2.05) is 0 Å². The lowest BCUT2D eigenvalue weighted by atomic mass is 9.77. The first-order valence-electron chi connectivity index (χ1n) is 9.43. The second kappa shape index (κ2) is 7.31. The first-order valence-corrected chi connectivity index (χ1v) is 9.81. The van der Waals surface area contributed by atoms with Gasteiger partial charge in [0.1, 0.15) is 28.9 Å². The largest absolute Gasteiger partial charge is 0.471 e. The van der Waals surface area contributed by atoms with Gasteiger partial charge in [0.2, 0.25) is 0 Å². The molecule has 2 aliphatic heterocycles. The molecule has 10 heteroatoms. The summed E-state index contributed by atoms with van der Waals surface area (Å²) in [5.41, 5.74) is -0.897. The molecule has 31 heavy (non-hydrogen) atoms. The van der Waals surface area contributed by atoms with Gasteiger partial charge in [0.05, 0.1) is 16.6 Å². The molecule has 4 rings (SSSR count). The van der Waals surface area contributed by atoms with Crippen molar-refractivity contribution in [1.29, 1.82) is 5.26 Å². The van der Waals surface area contributed by atoms with Crippen LogP contribution in [-0.4, -0.2) is 24.7 Å².